The average molecular weight is 462 g/mol. The van der Waals surface area contributed by atoms with Gasteiger partial charge in [0.25, 0.3) is 0 Å². The number of carbonyl (C=O) groups is 2. The zero-order valence-corrected chi connectivity index (χ0v) is 19.7. The lowest BCUT2D eigenvalue weighted by Crippen LogP contribution is -2.40. The van der Waals surface area contributed by atoms with Crippen LogP contribution in [0.3, 0.4) is 0 Å². The van der Waals surface area contributed by atoms with E-state index in [0.717, 1.165) is 18.1 Å². The van der Waals surface area contributed by atoms with Gasteiger partial charge in [0.05, 0.1) is 0 Å². The van der Waals surface area contributed by atoms with Crippen molar-refractivity contribution in [2.75, 3.05) is 53.1 Å². The topological polar surface area (TPSA) is 136 Å². The number of guanidine groups is 2. The molecular weight excluding hydrogens is 426 g/mol. The van der Waals surface area contributed by atoms with Gasteiger partial charge in [0.1, 0.15) is 6.61 Å². The predicted octanol–water partition coefficient (Wildman–Crippen LogP) is 1.29. The molecule has 0 unspecified atom stereocenters. The summed E-state index contributed by atoms with van der Waals surface area (Å²) >= 11 is 0. The number of nitrogens with one attached hydrogen (secondary N) is 3. The van der Waals surface area contributed by atoms with Gasteiger partial charge in [0.15, 0.2) is 0 Å². The first kappa shape index (κ1) is 26.4. The van der Waals surface area contributed by atoms with E-state index in [9.17, 15) is 9.59 Å². The SMILES string of the molecule is CN(CCNC(=O)CCCC[C@@H]1CCSS1)CCOC(=O)NC(N)=NC(=N)N(C)C. The van der Waals surface area contributed by atoms with E-state index in [1.165, 1.54) is 23.5 Å². The molecule has 5 N–H and O–H groups in total. The van der Waals surface area contributed by atoms with Gasteiger partial charge in [0, 0.05) is 51.2 Å². The van der Waals surface area contributed by atoms with Crippen LogP contribution >= 0.6 is 21.6 Å². The van der Waals surface area contributed by atoms with Gasteiger partial charge in [-0.3, -0.25) is 15.5 Å². The molecule has 12 heteroatoms. The molecule has 0 aromatic carbocycles. The molecule has 1 atom stereocenters. The van der Waals surface area contributed by atoms with E-state index in [1.807, 2.05) is 33.5 Å². The fourth-order valence-electron chi connectivity index (χ4n) is 2.49. The minimum Gasteiger partial charge on any atom is -0.448 e. The molecule has 0 bridgehead atoms. The van der Waals surface area contributed by atoms with Gasteiger partial charge >= 0.3 is 6.09 Å². The lowest BCUT2D eigenvalue weighted by Gasteiger charge is -2.17. The Hall–Kier alpha value is -1.66. The summed E-state index contributed by atoms with van der Waals surface area (Å²) in [5, 5.41) is 13.5. The van der Waals surface area contributed by atoms with Crippen molar-refractivity contribution >= 4 is 45.5 Å². The highest BCUT2D eigenvalue weighted by atomic mass is 33.1. The Bertz CT molecular complexity index is 584. The second-order valence-corrected chi connectivity index (χ2v) is 9.99. The number of ether oxygens (including phenoxy) is 1. The molecule has 30 heavy (non-hydrogen) atoms. The second-order valence-electron chi connectivity index (χ2n) is 7.20. The molecule has 1 aliphatic heterocycles. The van der Waals surface area contributed by atoms with Crippen LogP contribution in [0, 0.1) is 5.41 Å². The van der Waals surface area contributed by atoms with Gasteiger partial charge < -0.3 is 25.6 Å². The van der Waals surface area contributed by atoms with E-state index in [4.69, 9.17) is 15.9 Å². The highest BCUT2D eigenvalue weighted by Gasteiger charge is 2.15. The first-order valence-electron chi connectivity index (χ1n) is 10.0. The summed E-state index contributed by atoms with van der Waals surface area (Å²) in [6, 6.07) is 0. The number of aliphatic imine (C=N–C) groups is 1. The first-order chi connectivity index (χ1) is 14.3. The van der Waals surface area contributed by atoms with Crippen molar-refractivity contribution in [3.05, 3.63) is 0 Å². The Morgan fingerprint density at radius 2 is 2.03 bits per heavy atom. The molecule has 10 nitrogen and oxygen atoms in total. The van der Waals surface area contributed by atoms with Gasteiger partial charge in [0.2, 0.25) is 17.8 Å². The van der Waals surface area contributed by atoms with Crippen LogP contribution in [-0.2, 0) is 9.53 Å². The van der Waals surface area contributed by atoms with Crippen molar-refractivity contribution in [1.29, 1.82) is 5.41 Å². The average Bonchev–Trinajstić information content (AvgIpc) is 3.18. The normalized spacial score (nSPS) is 16.4. The molecule has 0 aliphatic carbocycles. The third-order valence-corrected chi connectivity index (χ3v) is 7.32. The predicted molar refractivity (Wildman–Crippen MR) is 125 cm³/mol. The van der Waals surface area contributed by atoms with Gasteiger partial charge in [-0.25, -0.2) is 4.79 Å². The highest BCUT2D eigenvalue weighted by Crippen LogP contribution is 2.39. The van der Waals surface area contributed by atoms with Crippen LogP contribution in [-0.4, -0.2) is 92.1 Å². The Kier molecular flexibility index (Phi) is 13.4. The van der Waals surface area contributed by atoms with Crippen molar-refractivity contribution in [1.82, 2.24) is 20.4 Å². The Balaban J connectivity index is 2.02. The maximum absolute atomic E-state index is 11.9. The minimum atomic E-state index is -0.723. The number of likely N-dealkylation sites (N-methyl/N-ethyl adjacent to an activating group) is 1. The van der Waals surface area contributed by atoms with Crippen molar-refractivity contribution < 1.29 is 14.3 Å². The molecule has 0 aromatic heterocycles. The molecule has 1 heterocycles. The van der Waals surface area contributed by atoms with Gasteiger partial charge in [-0.1, -0.05) is 28.0 Å². The highest BCUT2D eigenvalue weighted by molar-refractivity contribution is 8.77. The molecule has 0 spiro atoms. The van der Waals surface area contributed by atoms with E-state index in [1.54, 1.807) is 14.1 Å². The minimum absolute atomic E-state index is 0.0819. The number of rotatable bonds is 11. The number of nitrogens with zero attached hydrogens (tertiary/aromatic N) is 3. The maximum atomic E-state index is 11.9. The van der Waals surface area contributed by atoms with Gasteiger partial charge in [-0.05, 0) is 26.3 Å². The molecule has 172 valence electrons. The molecule has 1 rings (SSSR count). The maximum Gasteiger partial charge on any atom is 0.414 e. The Morgan fingerprint density at radius 1 is 1.27 bits per heavy atom. The number of alkyl carbamates (subject to hydrolysis) is 1. The number of amides is 2. The van der Waals surface area contributed by atoms with E-state index in [0.29, 0.717) is 26.1 Å². The van der Waals surface area contributed by atoms with Crippen molar-refractivity contribution in [2.24, 2.45) is 10.7 Å². The summed E-state index contributed by atoms with van der Waals surface area (Å²) in [4.78, 5) is 30.6. The van der Waals surface area contributed by atoms with Gasteiger partial charge in [-0.2, -0.15) is 4.99 Å². The van der Waals surface area contributed by atoms with Crippen molar-refractivity contribution in [2.45, 2.75) is 37.4 Å². The Labute approximate surface area is 187 Å². The van der Waals surface area contributed by atoms with Gasteiger partial charge in [-0.15, -0.1) is 0 Å². The zero-order valence-electron chi connectivity index (χ0n) is 18.1. The van der Waals surface area contributed by atoms with Crippen LogP contribution in [0.2, 0.25) is 0 Å². The number of carbonyl (C=O) groups excluding carboxylic acids is 2. The summed E-state index contributed by atoms with van der Waals surface area (Å²) < 4.78 is 5.03. The molecular formula is C18H35N7O3S2. The van der Waals surface area contributed by atoms with E-state index >= 15 is 0 Å². The van der Waals surface area contributed by atoms with Crippen molar-refractivity contribution in [3.63, 3.8) is 0 Å². The third kappa shape index (κ3) is 12.8. The summed E-state index contributed by atoms with van der Waals surface area (Å²) in [6.07, 6.45) is 4.40. The van der Waals surface area contributed by atoms with Crippen LogP contribution < -0.4 is 16.4 Å². The fourth-order valence-corrected chi connectivity index (χ4v) is 5.51. The van der Waals surface area contributed by atoms with Crippen LogP contribution in [0.5, 0.6) is 0 Å². The largest absolute Gasteiger partial charge is 0.448 e. The smallest absolute Gasteiger partial charge is 0.414 e. The molecule has 1 aliphatic rings. The lowest BCUT2D eigenvalue weighted by molar-refractivity contribution is -0.121. The molecule has 2 amide bonds. The molecule has 0 radical (unpaired) electrons. The number of hydrogen-bond acceptors (Lipinski definition) is 7. The first-order valence-corrected chi connectivity index (χ1v) is 12.4. The van der Waals surface area contributed by atoms with Crippen LogP contribution in [0.4, 0.5) is 4.79 Å². The standard InChI is InChI=1S/C18H35N7O3S2/c1-24(2)17(20)22-16(19)23-18(27)28-12-11-25(3)10-9-21-15(26)7-5-4-6-14-8-13-29-30-14/h14H,4-13H2,1-3H3,(H,21,26)(H4,19,20,22,23,27)/t14-/m1/s1. The number of hydrogen-bond donors (Lipinski definition) is 4. The molecule has 0 aromatic rings. The van der Waals surface area contributed by atoms with E-state index in [2.05, 4.69) is 15.6 Å². The van der Waals surface area contributed by atoms with E-state index in [-0.39, 0.29) is 24.4 Å². The molecule has 1 fully saturated rings. The summed E-state index contributed by atoms with van der Waals surface area (Å²) in [5.41, 5.74) is 5.53. The van der Waals surface area contributed by atoms with Crippen LogP contribution in [0.1, 0.15) is 32.1 Å². The molecule has 0 saturated carbocycles. The fraction of sp³-hybridized carbons (Fsp3) is 0.778. The monoisotopic (exact) mass is 461 g/mol. The van der Waals surface area contributed by atoms with Crippen LogP contribution in [0.15, 0.2) is 4.99 Å². The number of unbranched alkanes of at least 4 members (excludes halogenated alkanes) is 1. The van der Waals surface area contributed by atoms with Crippen LogP contribution in [0.25, 0.3) is 0 Å². The zero-order chi connectivity index (χ0) is 22.4. The lowest BCUT2D eigenvalue weighted by atomic mass is 10.1. The quantitative estimate of drug-likeness (QED) is 0.156. The summed E-state index contributed by atoms with van der Waals surface area (Å²) in [7, 11) is 9.12. The summed E-state index contributed by atoms with van der Waals surface area (Å²) in [6.45, 7) is 1.91. The number of nitrogens with two attached hydrogens (primary N) is 1. The second kappa shape index (κ2) is 15.2. The van der Waals surface area contributed by atoms with Crippen molar-refractivity contribution in [3.8, 4) is 0 Å². The Morgan fingerprint density at radius 3 is 2.70 bits per heavy atom. The van der Waals surface area contributed by atoms with E-state index < -0.39 is 6.09 Å². The third-order valence-electron chi connectivity index (χ3n) is 4.31. The summed E-state index contributed by atoms with van der Waals surface area (Å²) in [5.74, 6) is 1.06. The molecule has 1 saturated heterocycles.